The van der Waals surface area contributed by atoms with Gasteiger partial charge in [0.15, 0.2) is 15.0 Å². The van der Waals surface area contributed by atoms with Crippen LogP contribution in [0.25, 0.3) is 0 Å². The number of aryl methyl sites for hydroxylation is 1. The number of amides is 1. The third kappa shape index (κ3) is 6.02. The van der Waals surface area contributed by atoms with E-state index in [9.17, 15) is 17.6 Å². The minimum atomic E-state index is -3.61. The van der Waals surface area contributed by atoms with Gasteiger partial charge in [-0.1, -0.05) is 35.5 Å². The number of aromatic nitrogens is 3. The quantitative estimate of drug-likeness (QED) is 0.387. The molecule has 10 heteroatoms. The molecule has 0 aliphatic carbocycles. The molecule has 3 aromatic rings. The maximum absolute atomic E-state index is 13.0. The van der Waals surface area contributed by atoms with Gasteiger partial charge in [-0.2, -0.15) is 0 Å². The Bertz CT molecular complexity index is 1170. The van der Waals surface area contributed by atoms with Crippen LogP contribution in [-0.2, 0) is 26.9 Å². The first-order chi connectivity index (χ1) is 14.8. The molecule has 0 bridgehead atoms. The molecule has 2 aromatic carbocycles. The van der Waals surface area contributed by atoms with Crippen LogP contribution in [0.15, 0.2) is 71.2 Å². The smallest absolute Gasteiger partial charge is 0.234 e. The fourth-order valence-electron chi connectivity index (χ4n) is 2.70. The minimum absolute atomic E-state index is 0.0252. The van der Waals surface area contributed by atoms with E-state index in [-0.39, 0.29) is 28.1 Å². The number of hydrogen-bond acceptors (Lipinski definition) is 6. The van der Waals surface area contributed by atoms with E-state index in [0.29, 0.717) is 17.4 Å². The van der Waals surface area contributed by atoms with Crippen molar-refractivity contribution < 1.29 is 17.6 Å². The Balaban J connectivity index is 1.71. The summed E-state index contributed by atoms with van der Waals surface area (Å²) in [6, 6.07) is 12.0. The van der Waals surface area contributed by atoms with Gasteiger partial charge in [0.05, 0.1) is 10.6 Å². The first kappa shape index (κ1) is 22.7. The summed E-state index contributed by atoms with van der Waals surface area (Å²) in [7, 11) is -3.61. The second kappa shape index (κ2) is 9.88. The largest absolute Gasteiger partial charge is 0.325 e. The molecule has 0 unspecified atom stereocenters. The second-order valence-electron chi connectivity index (χ2n) is 6.71. The molecule has 0 fully saturated rings. The van der Waals surface area contributed by atoms with Gasteiger partial charge in [-0.3, -0.25) is 4.79 Å². The summed E-state index contributed by atoms with van der Waals surface area (Å²) >= 11 is 1.12. The van der Waals surface area contributed by atoms with Crippen molar-refractivity contribution in [2.45, 2.75) is 29.3 Å². The summed E-state index contributed by atoms with van der Waals surface area (Å²) in [6.45, 7) is 5.88. The number of allylic oxidation sites excluding steroid dienone is 1. The number of thioether (sulfide) groups is 1. The monoisotopic (exact) mass is 460 g/mol. The van der Waals surface area contributed by atoms with Crippen LogP contribution >= 0.6 is 11.8 Å². The molecule has 0 spiro atoms. The molecule has 31 heavy (non-hydrogen) atoms. The molecule has 0 aliphatic heterocycles. The number of nitrogens with zero attached hydrogens (tertiary/aromatic N) is 3. The van der Waals surface area contributed by atoms with Gasteiger partial charge in [0, 0.05) is 12.2 Å². The molecule has 1 heterocycles. The van der Waals surface area contributed by atoms with Gasteiger partial charge in [0.25, 0.3) is 0 Å². The van der Waals surface area contributed by atoms with Crippen molar-refractivity contribution in [2.24, 2.45) is 0 Å². The molecule has 0 saturated heterocycles. The fourth-order valence-corrected chi connectivity index (χ4v) is 4.74. The van der Waals surface area contributed by atoms with E-state index in [1.54, 1.807) is 34.9 Å². The molecule has 1 amide bonds. The number of nitrogens with one attached hydrogen (secondary N) is 1. The molecule has 0 saturated carbocycles. The second-order valence-corrected chi connectivity index (χ2v) is 9.65. The Morgan fingerprint density at radius 2 is 1.84 bits per heavy atom. The van der Waals surface area contributed by atoms with Crippen molar-refractivity contribution in [1.82, 2.24) is 14.8 Å². The maximum atomic E-state index is 13.0. The average molecular weight is 461 g/mol. The van der Waals surface area contributed by atoms with Crippen LogP contribution in [0.5, 0.6) is 0 Å². The van der Waals surface area contributed by atoms with Gasteiger partial charge >= 0.3 is 0 Å². The number of carbonyl (C=O) groups excluding carboxylic acids is 1. The summed E-state index contributed by atoms with van der Waals surface area (Å²) in [5, 5.41) is 11.1. The van der Waals surface area contributed by atoms with E-state index in [4.69, 9.17) is 0 Å². The van der Waals surface area contributed by atoms with E-state index in [0.717, 1.165) is 17.3 Å². The third-order valence-electron chi connectivity index (χ3n) is 4.26. The lowest BCUT2D eigenvalue weighted by atomic mass is 10.2. The number of carbonyl (C=O) groups is 1. The first-order valence-corrected chi connectivity index (χ1v) is 11.9. The molecule has 0 aliphatic rings. The van der Waals surface area contributed by atoms with Crippen molar-refractivity contribution in [3.63, 3.8) is 0 Å². The normalized spacial score (nSPS) is 11.3. The zero-order valence-electron chi connectivity index (χ0n) is 16.8. The number of hydrogen-bond donors (Lipinski definition) is 1. The van der Waals surface area contributed by atoms with Crippen molar-refractivity contribution in [1.29, 1.82) is 0 Å². The Kier molecular flexibility index (Phi) is 7.24. The summed E-state index contributed by atoms with van der Waals surface area (Å²) in [5.74, 6) is -0.727. The van der Waals surface area contributed by atoms with Crippen LogP contribution in [0.1, 0.15) is 11.4 Å². The molecule has 162 valence electrons. The van der Waals surface area contributed by atoms with Gasteiger partial charge < -0.3 is 9.88 Å². The summed E-state index contributed by atoms with van der Waals surface area (Å²) in [6.07, 6.45) is 1.61. The van der Waals surface area contributed by atoms with Crippen LogP contribution in [0.3, 0.4) is 0 Å². The topological polar surface area (TPSA) is 93.9 Å². The van der Waals surface area contributed by atoms with Crippen LogP contribution < -0.4 is 5.32 Å². The summed E-state index contributed by atoms with van der Waals surface area (Å²) in [5.41, 5.74) is 1.44. The SMILES string of the molecule is C=CCn1c(CS(=O)(=O)c2ccc(C)cc2)nnc1SCC(=O)Nc1ccc(F)cc1. The highest BCUT2D eigenvalue weighted by Gasteiger charge is 2.21. The zero-order valence-corrected chi connectivity index (χ0v) is 18.4. The standard InChI is InChI=1S/C21H21FN4O3S2/c1-3-12-26-19(14-31(28,29)18-10-4-15(2)5-11-18)24-25-21(26)30-13-20(27)23-17-8-6-16(22)7-9-17/h3-11H,1,12-14H2,2H3,(H,23,27). The summed E-state index contributed by atoms with van der Waals surface area (Å²) < 4.78 is 40.1. The number of halogens is 1. The Labute approximate surface area is 184 Å². The maximum Gasteiger partial charge on any atom is 0.234 e. The molecular weight excluding hydrogens is 439 g/mol. The van der Waals surface area contributed by atoms with Crippen LogP contribution in [-0.4, -0.2) is 34.8 Å². The van der Waals surface area contributed by atoms with Crippen molar-refractivity contribution in [3.8, 4) is 0 Å². The minimum Gasteiger partial charge on any atom is -0.325 e. The molecular formula is C21H21FN4O3S2. The number of rotatable bonds is 9. The van der Waals surface area contributed by atoms with Crippen LogP contribution in [0, 0.1) is 12.7 Å². The van der Waals surface area contributed by atoms with Gasteiger partial charge in [-0.15, -0.1) is 16.8 Å². The van der Waals surface area contributed by atoms with Gasteiger partial charge in [-0.25, -0.2) is 12.8 Å². The molecule has 1 aromatic heterocycles. The van der Waals surface area contributed by atoms with Crippen molar-refractivity contribution >= 4 is 33.2 Å². The van der Waals surface area contributed by atoms with E-state index in [1.165, 1.54) is 24.3 Å². The highest BCUT2D eigenvalue weighted by Crippen LogP contribution is 2.22. The predicted molar refractivity (Wildman–Crippen MR) is 118 cm³/mol. The van der Waals surface area contributed by atoms with Gasteiger partial charge in [0.2, 0.25) is 5.91 Å². The lowest BCUT2D eigenvalue weighted by Crippen LogP contribution is -2.15. The lowest BCUT2D eigenvalue weighted by molar-refractivity contribution is -0.113. The highest BCUT2D eigenvalue weighted by atomic mass is 32.2. The van der Waals surface area contributed by atoms with E-state index in [1.807, 2.05) is 6.92 Å². The van der Waals surface area contributed by atoms with Crippen LogP contribution in [0.4, 0.5) is 10.1 Å². The number of anilines is 1. The van der Waals surface area contributed by atoms with Crippen molar-refractivity contribution in [3.05, 3.63) is 78.4 Å². The molecule has 1 N–H and O–H groups in total. The molecule has 0 radical (unpaired) electrons. The number of benzene rings is 2. The highest BCUT2D eigenvalue weighted by molar-refractivity contribution is 7.99. The molecule has 0 atom stereocenters. The first-order valence-electron chi connectivity index (χ1n) is 9.29. The molecule has 7 nitrogen and oxygen atoms in total. The van der Waals surface area contributed by atoms with Gasteiger partial charge in [0.1, 0.15) is 17.4 Å². The van der Waals surface area contributed by atoms with Crippen molar-refractivity contribution in [2.75, 3.05) is 11.1 Å². The lowest BCUT2D eigenvalue weighted by Gasteiger charge is -2.09. The van der Waals surface area contributed by atoms with Gasteiger partial charge in [-0.05, 0) is 43.3 Å². The van der Waals surface area contributed by atoms with Crippen LogP contribution in [0.2, 0.25) is 0 Å². The Hall–Kier alpha value is -2.98. The fraction of sp³-hybridized carbons (Fsp3) is 0.190. The van der Waals surface area contributed by atoms with E-state index in [2.05, 4.69) is 22.1 Å². The Morgan fingerprint density at radius 3 is 2.48 bits per heavy atom. The predicted octanol–water partition coefficient (Wildman–Crippen LogP) is 3.62. The Morgan fingerprint density at radius 1 is 1.16 bits per heavy atom. The summed E-state index contributed by atoms with van der Waals surface area (Å²) in [4.78, 5) is 12.4. The van der Waals surface area contributed by atoms with E-state index >= 15 is 0 Å². The average Bonchev–Trinajstić information content (AvgIpc) is 3.09. The van der Waals surface area contributed by atoms with E-state index < -0.39 is 15.7 Å². The number of sulfone groups is 1. The zero-order chi connectivity index (χ0) is 22.4. The third-order valence-corrected chi connectivity index (χ3v) is 6.86. The molecule has 3 rings (SSSR count).